The topological polar surface area (TPSA) is 73.9 Å². The Bertz CT molecular complexity index is 874. The second kappa shape index (κ2) is 7.65. The molecular weight excluding hydrogens is 353 g/mol. The molecule has 27 heavy (non-hydrogen) atoms. The Balaban J connectivity index is 1.72. The lowest BCUT2D eigenvalue weighted by molar-refractivity contribution is -0.118. The summed E-state index contributed by atoms with van der Waals surface area (Å²) in [5.74, 6) is 0.0479. The van der Waals surface area contributed by atoms with Gasteiger partial charge in [-0.1, -0.05) is 6.92 Å². The van der Waals surface area contributed by atoms with Crippen LogP contribution in [0.5, 0.6) is 17.2 Å². The third kappa shape index (κ3) is 3.86. The summed E-state index contributed by atoms with van der Waals surface area (Å²) in [7, 11) is 3.02. The highest BCUT2D eigenvalue weighted by molar-refractivity contribution is 6.04. The first kappa shape index (κ1) is 18.7. The Morgan fingerprint density at radius 3 is 2.48 bits per heavy atom. The highest BCUT2D eigenvalue weighted by Crippen LogP contribution is 2.39. The Hall–Kier alpha value is -3.09. The number of hydrogen-bond donors (Lipinski definition) is 1. The highest BCUT2D eigenvalue weighted by atomic mass is 19.1. The Labute approximate surface area is 156 Å². The van der Waals surface area contributed by atoms with Gasteiger partial charge in [0.05, 0.1) is 19.8 Å². The molecular formula is C20H20FNO5. The van der Waals surface area contributed by atoms with Crippen molar-refractivity contribution in [3.05, 3.63) is 47.3 Å². The zero-order valence-electron chi connectivity index (χ0n) is 15.3. The van der Waals surface area contributed by atoms with Crippen molar-refractivity contribution in [2.75, 3.05) is 26.1 Å². The Morgan fingerprint density at radius 1 is 1.19 bits per heavy atom. The SMILES string of the molecule is COc1cc(NC(=O)COc2ccc(F)c3c2C(=O)C[C@H]3C)cc(OC)c1. The minimum atomic E-state index is -0.429. The van der Waals surface area contributed by atoms with Crippen molar-refractivity contribution in [3.63, 3.8) is 0 Å². The van der Waals surface area contributed by atoms with E-state index in [4.69, 9.17) is 14.2 Å². The lowest BCUT2D eigenvalue weighted by Gasteiger charge is -2.13. The van der Waals surface area contributed by atoms with Crippen LogP contribution in [0.2, 0.25) is 0 Å². The zero-order chi connectivity index (χ0) is 19.6. The fourth-order valence-corrected chi connectivity index (χ4v) is 3.17. The molecule has 1 atom stereocenters. The first-order valence-electron chi connectivity index (χ1n) is 8.44. The number of nitrogens with one attached hydrogen (secondary N) is 1. The summed E-state index contributed by atoms with van der Waals surface area (Å²) >= 11 is 0. The van der Waals surface area contributed by atoms with E-state index in [1.165, 1.54) is 26.4 Å². The van der Waals surface area contributed by atoms with Crippen molar-refractivity contribution in [3.8, 4) is 17.2 Å². The van der Waals surface area contributed by atoms with Gasteiger partial charge in [-0.3, -0.25) is 9.59 Å². The van der Waals surface area contributed by atoms with Gasteiger partial charge in [0.2, 0.25) is 0 Å². The zero-order valence-corrected chi connectivity index (χ0v) is 15.3. The van der Waals surface area contributed by atoms with Gasteiger partial charge < -0.3 is 19.5 Å². The molecule has 1 aliphatic rings. The number of halogens is 1. The highest BCUT2D eigenvalue weighted by Gasteiger charge is 2.32. The van der Waals surface area contributed by atoms with E-state index in [9.17, 15) is 14.0 Å². The summed E-state index contributed by atoms with van der Waals surface area (Å²) in [6.07, 6.45) is 0.239. The lowest BCUT2D eigenvalue weighted by atomic mass is 10.0. The number of benzene rings is 2. The summed E-state index contributed by atoms with van der Waals surface area (Å²) in [6.45, 7) is 1.47. The molecule has 2 aromatic rings. The van der Waals surface area contributed by atoms with Crippen LogP contribution in [-0.4, -0.2) is 32.5 Å². The molecule has 2 aromatic carbocycles. The van der Waals surface area contributed by atoms with E-state index in [0.717, 1.165) is 0 Å². The van der Waals surface area contributed by atoms with E-state index in [1.54, 1.807) is 25.1 Å². The van der Waals surface area contributed by atoms with Gasteiger partial charge in [-0.25, -0.2) is 4.39 Å². The fourth-order valence-electron chi connectivity index (χ4n) is 3.17. The van der Waals surface area contributed by atoms with Gasteiger partial charge in [0.1, 0.15) is 23.1 Å². The minimum Gasteiger partial charge on any atom is -0.497 e. The standard InChI is InChI=1S/C20H20FNO5/c1-11-6-16(23)20-17(5-4-15(21)19(11)20)27-10-18(24)22-12-7-13(25-2)9-14(8-12)26-3/h4-5,7-9,11H,6,10H2,1-3H3,(H,22,24)/t11-/m1/s1. The van der Waals surface area contributed by atoms with Crippen molar-refractivity contribution >= 4 is 17.4 Å². The number of ether oxygens (including phenoxy) is 3. The van der Waals surface area contributed by atoms with Crippen LogP contribution in [0.3, 0.4) is 0 Å². The van der Waals surface area contributed by atoms with Gasteiger partial charge in [0.15, 0.2) is 12.4 Å². The number of hydrogen-bond acceptors (Lipinski definition) is 5. The predicted octanol–water partition coefficient (Wildman–Crippen LogP) is 3.55. The maximum atomic E-state index is 14.0. The summed E-state index contributed by atoms with van der Waals surface area (Å²) in [4.78, 5) is 24.4. The van der Waals surface area contributed by atoms with Crippen LogP contribution in [0.25, 0.3) is 0 Å². The third-order valence-electron chi connectivity index (χ3n) is 4.41. The van der Waals surface area contributed by atoms with Crippen LogP contribution in [0, 0.1) is 5.82 Å². The first-order chi connectivity index (χ1) is 12.9. The number of ketones is 1. The van der Waals surface area contributed by atoms with Gasteiger partial charge in [0.25, 0.3) is 5.91 Å². The maximum Gasteiger partial charge on any atom is 0.262 e. The van der Waals surface area contributed by atoms with Crippen LogP contribution < -0.4 is 19.5 Å². The maximum absolute atomic E-state index is 14.0. The van der Waals surface area contributed by atoms with E-state index in [-0.39, 0.29) is 36.0 Å². The molecule has 0 saturated heterocycles. The molecule has 0 bridgehead atoms. The molecule has 142 valence electrons. The predicted molar refractivity (Wildman–Crippen MR) is 97.4 cm³/mol. The fraction of sp³-hybridized carbons (Fsp3) is 0.300. The van der Waals surface area contributed by atoms with E-state index in [1.807, 2.05) is 0 Å². The second-order valence-electron chi connectivity index (χ2n) is 6.30. The molecule has 6 nitrogen and oxygen atoms in total. The molecule has 0 aliphatic heterocycles. The molecule has 0 spiro atoms. The van der Waals surface area contributed by atoms with Gasteiger partial charge >= 0.3 is 0 Å². The van der Waals surface area contributed by atoms with Crippen molar-refractivity contribution in [2.45, 2.75) is 19.3 Å². The number of anilines is 1. The minimum absolute atomic E-state index is 0.176. The van der Waals surface area contributed by atoms with Crippen molar-refractivity contribution in [2.24, 2.45) is 0 Å². The smallest absolute Gasteiger partial charge is 0.262 e. The molecule has 3 rings (SSSR count). The van der Waals surface area contributed by atoms with E-state index < -0.39 is 11.7 Å². The second-order valence-corrected chi connectivity index (χ2v) is 6.30. The van der Waals surface area contributed by atoms with E-state index in [0.29, 0.717) is 22.7 Å². The summed E-state index contributed by atoms with van der Waals surface area (Å²) in [6, 6.07) is 7.60. The van der Waals surface area contributed by atoms with Crippen LogP contribution in [0.4, 0.5) is 10.1 Å². The van der Waals surface area contributed by atoms with Crippen molar-refractivity contribution < 1.29 is 28.2 Å². The molecule has 7 heteroatoms. The number of methoxy groups -OCH3 is 2. The first-order valence-corrected chi connectivity index (χ1v) is 8.44. The number of rotatable bonds is 6. The van der Waals surface area contributed by atoms with Gasteiger partial charge in [-0.05, 0) is 18.1 Å². The van der Waals surface area contributed by atoms with Gasteiger partial charge in [0, 0.05) is 35.9 Å². The average molecular weight is 373 g/mol. The van der Waals surface area contributed by atoms with Gasteiger partial charge in [-0.15, -0.1) is 0 Å². The van der Waals surface area contributed by atoms with E-state index >= 15 is 0 Å². The molecule has 0 heterocycles. The molecule has 0 unspecified atom stereocenters. The quantitative estimate of drug-likeness (QED) is 0.838. The van der Waals surface area contributed by atoms with Crippen LogP contribution in [0.15, 0.2) is 30.3 Å². The number of Topliss-reactive ketones (excluding diaryl/α,β-unsaturated/α-hetero) is 1. The molecule has 0 aromatic heterocycles. The molecule has 1 amide bonds. The molecule has 0 radical (unpaired) electrons. The number of carbonyl (C=O) groups is 2. The third-order valence-corrected chi connectivity index (χ3v) is 4.41. The molecule has 0 saturated carbocycles. The summed E-state index contributed by atoms with van der Waals surface area (Å²) in [5, 5.41) is 2.68. The van der Waals surface area contributed by atoms with E-state index in [2.05, 4.69) is 5.32 Å². The Morgan fingerprint density at radius 2 is 1.85 bits per heavy atom. The van der Waals surface area contributed by atoms with Crippen molar-refractivity contribution in [1.82, 2.24) is 0 Å². The molecule has 1 aliphatic carbocycles. The molecule has 0 fully saturated rings. The number of amides is 1. The van der Waals surface area contributed by atoms with Crippen LogP contribution in [-0.2, 0) is 4.79 Å². The van der Waals surface area contributed by atoms with Crippen molar-refractivity contribution in [1.29, 1.82) is 0 Å². The largest absolute Gasteiger partial charge is 0.497 e. The summed E-state index contributed by atoms with van der Waals surface area (Å²) < 4.78 is 29.8. The summed E-state index contributed by atoms with van der Waals surface area (Å²) in [5.41, 5.74) is 1.07. The van der Waals surface area contributed by atoms with Crippen LogP contribution in [0.1, 0.15) is 35.2 Å². The molecule has 1 N–H and O–H groups in total. The average Bonchev–Trinajstić information content (AvgIpc) is 2.96. The Kier molecular flexibility index (Phi) is 5.30. The lowest BCUT2D eigenvalue weighted by Crippen LogP contribution is -2.21. The monoisotopic (exact) mass is 373 g/mol. The number of carbonyl (C=O) groups excluding carboxylic acids is 2. The normalized spacial score (nSPS) is 15.3. The van der Waals surface area contributed by atoms with Gasteiger partial charge in [-0.2, -0.15) is 0 Å². The number of fused-ring (bicyclic) bond motifs is 1. The van der Waals surface area contributed by atoms with Crippen LogP contribution >= 0.6 is 0 Å².